The molecule has 0 aromatic heterocycles. The molecule has 6 heteroatoms. The first-order valence-corrected chi connectivity index (χ1v) is 8.08. The van der Waals surface area contributed by atoms with Gasteiger partial charge in [0.2, 0.25) is 0 Å². The minimum absolute atomic E-state index is 0.0647. The monoisotopic (exact) mass is 358 g/mol. The van der Waals surface area contributed by atoms with Crippen molar-refractivity contribution in [3.05, 3.63) is 53.6 Å². The van der Waals surface area contributed by atoms with Gasteiger partial charge in [0.1, 0.15) is 6.61 Å². The van der Waals surface area contributed by atoms with E-state index in [2.05, 4.69) is 0 Å². The summed E-state index contributed by atoms with van der Waals surface area (Å²) in [6.45, 7) is 0.154. The van der Waals surface area contributed by atoms with Crippen LogP contribution >= 0.6 is 0 Å². The van der Waals surface area contributed by atoms with E-state index in [4.69, 9.17) is 14.2 Å². The molecule has 0 aliphatic carbocycles. The molecule has 0 atom stereocenters. The van der Waals surface area contributed by atoms with Gasteiger partial charge < -0.3 is 24.4 Å². The maximum Gasteiger partial charge on any atom is 0.306 e. The number of aromatic hydroxyl groups is 2. The highest BCUT2D eigenvalue weighted by Crippen LogP contribution is 2.27. The van der Waals surface area contributed by atoms with Gasteiger partial charge in [-0.2, -0.15) is 0 Å². The van der Waals surface area contributed by atoms with E-state index in [1.807, 2.05) is 0 Å². The van der Waals surface area contributed by atoms with E-state index in [-0.39, 0.29) is 30.5 Å². The Morgan fingerprint density at radius 2 is 1.65 bits per heavy atom. The van der Waals surface area contributed by atoms with Crippen molar-refractivity contribution in [3.63, 3.8) is 0 Å². The molecule has 0 aliphatic rings. The second kappa shape index (κ2) is 9.36. The van der Waals surface area contributed by atoms with Crippen molar-refractivity contribution in [2.24, 2.45) is 0 Å². The van der Waals surface area contributed by atoms with Crippen LogP contribution in [0.5, 0.6) is 23.0 Å². The van der Waals surface area contributed by atoms with Crippen molar-refractivity contribution in [2.75, 3.05) is 20.8 Å². The predicted molar refractivity (Wildman–Crippen MR) is 97.6 cm³/mol. The minimum atomic E-state index is -0.315. The summed E-state index contributed by atoms with van der Waals surface area (Å²) in [5, 5.41) is 19.1. The van der Waals surface area contributed by atoms with Gasteiger partial charge in [-0.05, 0) is 47.9 Å². The Labute approximate surface area is 152 Å². The first-order valence-electron chi connectivity index (χ1n) is 8.08. The molecule has 138 valence electrons. The number of benzene rings is 2. The summed E-state index contributed by atoms with van der Waals surface area (Å²) in [7, 11) is 2.96. The van der Waals surface area contributed by atoms with Crippen LogP contribution in [0.25, 0.3) is 6.08 Å². The Bertz CT molecular complexity index is 782. The smallest absolute Gasteiger partial charge is 0.306 e. The van der Waals surface area contributed by atoms with Crippen LogP contribution in [0.3, 0.4) is 0 Å². The van der Waals surface area contributed by atoms with Crippen LogP contribution in [-0.2, 0) is 16.0 Å². The maximum atomic E-state index is 11.8. The summed E-state index contributed by atoms with van der Waals surface area (Å²) >= 11 is 0. The average Bonchev–Trinajstić information content (AvgIpc) is 2.65. The second-order valence-electron chi connectivity index (χ2n) is 5.52. The molecule has 0 bridgehead atoms. The first kappa shape index (κ1) is 19.2. The third-order valence-corrected chi connectivity index (χ3v) is 3.72. The number of carbonyl (C=O) groups excluding carboxylic acids is 1. The summed E-state index contributed by atoms with van der Waals surface area (Å²) in [6, 6.07) is 9.93. The van der Waals surface area contributed by atoms with Crippen LogP contribution < -0.4 is 9.47 Å². The molecule has 0 aliphatic heterocycles. The lowest BCUT2D eigenvalue weighted by Gasteiger charge is -2.06. The van der Waals surface area contributed by atoms with Crippen LogP contribution in [-0.4, -0.2) is 37.0 Å². The van der Waals surface area contributed by atoms with Gasteiger partial charge in [0.15, 0.2) is 23.0 Å². The summed E-state index contributed by atoms with van der Waals surface area (Å²) < 4.78 is 15.2. The zero-order chi connectivity index (χ0) is 18.9. The number of esters is 1. The van der Waals surface area contributed by atoms with E-state index in [9.17, 15) is 15.0 Å². The van der Waals surface area contributed by atoms with Crippen molar-refractivity contribution >= 4 is 12.0 Å². The summed E-state index contributed by atoms with van der Waals surface area (Å²) in [4.78, 5) is 11.8. The predicted octanol–water partition coefficient (Wildman–Crippen LogP) is 3.30. The van der Waals surface area contributed by atoms with E-state index in [0.717, 1.165) is 11.1 Å². The van der Waals surface area contributed by atoms with Crippen molar-refractivity contribution in [2.45, 2.75) is 12.8 Å². The molecule has 0 saturated carbocycles. The normalized spacial score (nSPS) is 10.7. The molecule has 0 spiro atoms. The quantitative estimate of drug-likeness (QED) is 0.704. The van der Waals surface area contributed by atoms with Crippen LogP contribution in [0, 0.1) is 0 Å². The van der Waals surface area contributed by atoms with E-state index < -0.39 is 0 Å². The molecule has 2 aromatic carbocycles. The molecule has 0 unspecified atom stereocenters. The molecular weight excluding hydrogens is 336 g/mol. The van der Waals surface area contributed by atoms with Gasteiger partial charge in [-0.25, -0.2) is 0 Å². The van der Waals surface area contributed by atoms with Gasteiger partial charge in [0.25, 0.3) is 0 Å². The fourth-order valence-electron chi connectivity index (χ4n) is 2.32. The average molecular weight is 358 g/mol. The number of phenols is 2. The van der Waals surface area contributed by atoms with Gasteiger partial charge in [-0.3, -0.25) is 4.79 Å². The Balaban J connectivity index is 1.78. The van der Waals surface area contributed by atoms with Crippen molar-refractivity contribution in [1.29, 1.82) is 0 Å². The number of ether oxygens (including phenoxy) is 3. The van der Waals surface area contributed by atoms with Crippen LogP contribution in [0.15, 0.2) is 42.5 Å². The van der Waals surface area contributed by atoms with Crippen LogP contribution in [0.4, 0.5) is 0 Å². The summed E-state index contributed by atoms with van der Waals surface area (Å²) in [5.74, 6) is 0.582. The number of hydrogen-bond acceptors (Lipinski definition) is 6. The van der Waals surface area contributed by atoms with E-state index in [1.54, 1.807) is 36.4 Å². The molecule has 0 radical (unpaired) electrons. The van der Waals surface area contributed by atoms with Crippen molar-refractivity contribution in [3.8, 4) is 23.0 Å². The molecule has 0 heterocycles. The number of phenolic OH excluding ortho intramolecular Hbond substituents is 2. The lowest BCUT2D eigenvalue weighted by molar-refractivity contribution is -0.142. The molecule has 0 saturated heterocycles. The summed E-state index contributed by atoms with van der Waals surface area (Å²) in [5.41, 5.74) is 1.70. The van der Waals surface area contributed by atoms with Crippen molar-refractivity contribution in [1.82, 2.24) is 0 Å². The Hall–Kier alpha value is -3.15. The number of aryl methyl sites for hydroxylation is 1. The minimum Gasteiger partial charge on any atom is -0.504 e. The lowest BCUT2D eigenvalue weighted by Crippen LogP contribution is -2.05. The van der Waals surface area contributed by atoms with Crippen molar-refractivity contribution < 1.29 is 29.2 Å². The zero-order valence-corrected chi connectivity index (χ0v) is 14.8. The van der Waals surface area contributed by atoms with E-state index >= 15 is 0 Å². The van der Waals surface area contributed by atoms with Gasteiger partial charge in [-0.15, -0.1) is 0 Å². The van der Waals surface area contributed by atoms with Crippen LogP contribution in [0.1, 0.15) is 17.5 Å². The van der Waals surface area contributed by atoms with Gasteiger partial charge in [-0.1, -0.05) is 18.2 Å². The maximum absolute atomic E-state index is 11.8. The van der Waals surface area contributed by atoms with E-state index in [0.29, 0.717) is 17.9 Å². The third kappa shape index (κ3) is 5.44. The molecular formula is C20H22O6. The topological polar surface area (TPSA) is 85.2 Å². The Morgan fingerprint density at radius 1 is 1.00 bits per heavy atom. The number of methoxy groups -OCH3 is 2. The van der Waals surface area contributed by atoms with Crippen LogP contribution in [0.2, 0.25) is 0 Å². The lowest BCUT2D eigenvalue weighted by atomic mass is 10.1. The van der Waals surface area contributed by atoms with Gasteiger partial charge >= 0.3 is 5.97 Å². The fraction of sp³-hybridized carbons (Fsp3) is 0.250. The zero-order valence-electron chi connectivity index (χ0n) is 14.8. The van der Waals surface area contributed by atoms with Gasteiger partial charge in [0, 0.05) is 6.42 Å². The first-order chi connectivity index (χ1) is 12.5. The highest BCUT2D eigenvalue weighted by Gasteiger charge is 2.06. The fourth-order valence-corrected chi connectivity index (χ4v) is 2.32. The SMILES string of the molecule is COc1cc(C=CCOC(=O)CCc2ccc(O)c(OC)c2)ccc1O. The Morgan fingerprint density at radius 3 is 2.35 bits per heavy atom. The largest absolute Gasteiger partial charge is 0.504 e. The van der Waals surface area contributed by atoms with E-state index in [1.165, 1.54) is 26.4 Å². The second-order valence-corrected chi connectivity index (χ2v) is 5.52. The Kier molecular flexibility index (Phi) is 6.91. The molecule has 2 rings (SSSR count). The number of carbonyl (C=O) groups is 1. The van der Waals surface area contributed by atoms with Gasteiger partial charge in [0.05, 0.1) is 14.2 Å². The standard InChI is InChI=1S/C20H22O6/c1-24-18-12-14(5-8-16(18)21)4-3-11-26-20(23)10-7-15-6-9-17(22)19(13-15)25-2/h3-6,8-9,12-13,21-22H,7,10-11H2,1-2H3. The molecule has 0 fully saturated rings. The molecule has 2 N–H and O–H groups in total. The highest BCUT2D eigenvalue weighted by molar-refractivity contribution is 5.70. The summed E-state index contributed by atoms with van der Waals surface area (Å²) in [6.07, 6.45) is 4.22. The molecule has 0 amide bonds. The highest BCUT2D eigenvalue weighted by atomic mass is 16.5. The number of hydrogen-bond donors (Lipinski definition) is 2. The third-order valence-electron chi connectivity index (χ3n) is 3.72. The molecule has 26 heavy (non-hydrogen) atoms. The molecule has 2 aromatic rings. The molecule has 6 nitrogen and oxygen atoms in total. The number of rotatable bonds is 8.